The fourth-order valence-electron chi connectivity index (χ4n) is 9.56. The van der Waals surface area contributed by atoms with Crippen LogP contribution >= 0.6 is 25.3 Å². The van der Waals surface area contributed by atoms with Gasteiger partial charge in [-0.1, -0.05) is 67.7 Å². The van der Waals surface area contributed by atoms with Gasteiger partial charge in [-0.05, 0) is 70.1 Å². The first-order valence-corrected chi connectivity index (χ1v) is 31.0. The van der Waals surface area contributed by atoms with Crippen molar-refractivity contribution in [3.05, 3.63) is 0 Å². The lowest BCUT2D eigenvalue weighted by atomic mass is 9.96. The van der Waals surface area contributed by atoms with Crippen molar-refractivity contribution in [2.24, 2.45) is 29.2 Å². The molecule has 31 nitrogen and oxygen atoms in total. The van der Waals surface area contributed by atoms with Gasteiger partial charge in [0.1, 0.15) is 66.5 Å². The molecule has 88 heavy (non-hydrogen) atoms. The van der Waals surface area contributed by atoms with E-state index >= 15 is 0 Å². The summed E-state index contributed by atoms with van der Waals surface area (Å²) >= 11 is 8.11. The van der Waals surface area contributed by atoms with Crippen LogP contribution in [0, 0.1) is 17.8 Å². The van der Waals surface area contributed by atoms with Gasteiger partial charge in [0.15, 0.2) is 0 Å². The Labute approximate surface area is 523 Å². The smallest absolute Gasteiger partial charge is 0.326 e. The number of primary amides is 1. The second kappa shape index (κ2) is 37.9. The van der Waals surface area contributed by atoms with Gasteiger partial charge in [-0.2, -0.15) is 25.3 Å². The summed E-state index contributed by atoms with van der Waals surface area (Å²) in [6.45, 7) is 13.0. The number of amides is 13. The van der Waals surface area contributed by atoms with E-state index in [4.69, 9.17) is 11.5 Å². The molecule has 0 spiro atoms. The van der Waals surface area contributed by atoms with Crippen LogP contribution in [0.5, 0.6) is 0 Å². The molecule has 13 amide bonds. The molecule has 0 aromatic rings. The molecule has 2 saturated heterocycles. The summed E-state index contributed by atoms with van der Waals surface area (Å²) in [6.07, 6.45) is 0.0359. The van der Waals surface area contributed by atoms with Gasteiger partial charge in [0.05, 0.1) is 25.3 Å². The zero-order valence-electron chi connectivity index (χ0n) is 51.6. The van der Waals surface area contributed by atoms with Gasteiger partial charge < -0.3 is 89.8 Å². The summed E-state index contributed by atoms with van der Waals surface area (Å²) in [5.41, 5.74) is 10.8. The molecule has 2 aliphatic rings. The monoisotopic (exact) mass is 1290 g/mol. The van der Waals surface area contributed by atoms with E-state index in [9.17, 15) is 82.4 Å². The summed E-state index contributed by atoms with van der Waals surface area (Å²) in [6, 6.07) is -15.9. The number of likely N-dealkylation sites (tertiary alicyclic amines) is 2. The predicted molar refractivity (Wildman–Crippen MR) is 325 cm³/mol. The van der Waals surface area contributed by atoms with Crippen molar-refractivity contribution in [1.82, 2.24) is 63.0 Å². The number of carboxylic acid groups (broad SMARTS) is 1. The number of hydrogen-bond donors (Lipinski definition) is 17. The van der Waals surface area contributed by atoms with E-state index in [1.165, 1.54) is 23.6 Å². The SMILES string of the molecule is CC[C@H](NC(=O)[C@@H](NC(=O)CNC(=O)[C@@H](N)CS)[C@@H](C)CC)C(=O)N[C@H](C(=O)N[C@@H](C)C(=O)N[C@@H](CO)C(=O)N[C@H](C(=O)N1CCC[C@H]1C(=O)N1CCC[C@H]1C(=O)N[C@H](C(=O)N[C@@H](CS)C(=O)N[C@@H](CCC(N)=O)C(=O)O)[C@@H](C)CC)[C@@H](C)CC)[C@@H](C)O. The largest absolute Gasteiger partial charge is 0.480 e. The van der Waals surface area contributed by atoms with Crippen LogP contribution in [0.15, 0.2) is 0 Å². The molecule has 498 valence electrons. The van der Waals surface area contributed by atoms with Crippen LogP contribution in [0.3, 0.4) is 0 Å². The van der Waals surface area contributed by atoms with Crippen LogP contribution in [-0.2, 0) is 67.1 Å². The number of aliphatic carboxylic acids is 1. The molecule has 0 aromatic heterocycles. The molecule has 2 heterocycles. The van der Waals surface area contributed by atoms with Crippen molar-refractivity contribution in [3.8, 4) is 0 Å². The number of carbonyl (C=O) groups excluding carboxylic acids is 13. The van der Waals surface area contributed by atoms with Gasteiger partial charge in [0.2, 0.25) is 76.8 Å². The van der Waals surface area contributed by atoms with E-state index < -0.39 is 192 Å². The lowest BCUT2D eigenvalue weighted by Gasteiger charge is -2.35. The van der Waals surface area contributed by atoms with Crippen LogP contribution in [-0.4, -0.2) is 224 Å². The maximum atomic E-state index is 14.5. The van der Waals surface area contributed by atoms with Crippen molar-refractivity contribution in [1.29, 1.82) is 0 Å². The predicted octanol–water partition coefficient (Wildman–Crippen LogP) is -5.07. The van der Waals surface area contributed by atoms with E-state index in [0.29, 0.717) is 32.1 Å². The number of rotatable bonds is 37. The van der Waals surface area contributed by atoms with Crippen LogP contribution in [0.1, 0.15) is 127 Å². The zero-order valence-corrected chi connectivity index (χ0v) is 53.3. The number of nitrogens with two attached hydrogens (primary N) is 2. The number of thiol groups is 2. The summed E-state index contributed by atoms with van der Waals surface area (Å²) in [4.78, 5) is 189. The molecular weight excluding hydrogens is 1190 g/mol. The minimum atomic E-state index is -1.70. The Bertz CT molecular complexity index is 2480. The average molecular weight is 1290 g/mol. The molecule has 0 unspecified atom stereocenters. The molecular formula is C55H94N14O17S2. The van der Waals surface area contributed by atoms with Gasteiger partial charge in [-0.3, -0.25) is 62.3 Å². The third-order valence-corrected chi connectivity index (χ3v) is 16.5. The van der Waals surface area contributed by atoms with Crippen LogP contribution in [0.4, 0.5) is 0 Å². The van der Waals surface area contributed by atoms with Crippen molar-refractivity contribution in [2.75, 3.05) is 37.7 Å². The van der Waals surface area contributed by atoms with Crippen molar-refractivity contribution < 1.29 is 82.4 Å². The van der Waals surface area contributed by atoms with Crippen LogP contribution in [0.2, 0.25) is 0 Å². The Morgan fingerprint density at radius 2 is 1.01 bits per heavy atom. The molecule has 2 aliphatic heterocycles. The van der Waals surface area contributed by atoms with Gasteiger partial charge in [0.25, 0.3) is 0 Å². The molecule has 2 fully saturated rings. The summed E-state index contributed by atoms with van der Waals surface area (Å²) in [7, 11) is 0. The normalized spacial score (nSPS) is 19.5. The lowest BCUT2D eigenvalue weighted by Crippen LogP contribution is -2.62. The standard InChI is InChI=1S/C55H94N14O17S2/c1-10-26(5)40(64-39(73)22-58-45(75)31(56)24-87)50(80)60-32(13-4)46(76)67-43(30(9)71)52(82)59-29(8)44(74)62-34(23-70)47(77)66-42(28(7)12-3)54(84)69-21-15-17-37(69)53(83)68-20-14-16-36(68)49(79)65-41(27(6)11-2)51(81)63-35(25-88)48(78)61-33(55(85)86)18-19-38(57)72/h26-37,40-43,70-71,87-88H,10-25,56H2,1-9H3,(H2,57,72)(H,58,75)(H,59,82)(H,60,80)(H,61,78)(H,62,74)(H,63,81)(H,64,73)(H,65,79)(H,66,77)(H,67,76)(H,85,86)/t26-,27-,28-,29-,30+,31-,32-,33-,34-,35-,36-,37-,40-,41-,42-,43-/m0/s1. The van der Waals surface area contributed by atoms with Gasteiger partial charge in [-0.25, -0.2) is 4.79 Å². The van der Waals surface area contributed by atoms with E-state index in [-0.39, 0.29) is 56.7 Å². The van der Waals surface area contributed by atoms with Gasteiger partial charge in [0, 0.05) is 31.0 Å². The summed E-state index contributed by atoms with van der Waals surface area (Å²) in [5.74, 6) is -13.7. The van der Waals surface area contributed by atoms with Crippen LogP contribution in [0.25, 0.3) is 0 Å². The first-order chi connectivity index (χ1) is 41.4. The molecule has 2 rings (SSSR count). The highest BCUT2D eigenvalue weighted by Gasteiger charge is 2.46. The van der Waals surface area contributed by atoms with E-state index in [1.807, 2.05) is 0 Å². The quantitative estimate of drug-likeness (QED) is 0.0259. The highest BCUT2D eigenvalue weighted by atomic mass is 32.1. The van der Waals surface area contributed by atoms with Crippen LogP contribution < -0.4 is 64.6 Å². The average Bonchev–Trinajstić information content (AvgIpc) is 4.16. The Hall–Kier alpha value is -6.84. The number of hydrogen-bond acceptors (Lipinski definition) is 19. The topological polar surface area (TPSA) is 478 Å². The third kappa shape index (κ3) is 22.9. The number of nitrogens with one attached hydrogen (secondary N) is 10. The Kier molecular flexibility index (Phi) is 33.3. The van der Waals surface area contributed by atoms with Crippen molar-refractivity contribution in [2.45, 2.75) is 205 Å². The highest BCUT2D eigenvalue weighted by molar-refractivity contribution is 7.80. The zero-order chi connectivity index (χ0) is 66.9. The molecule has 0 bridgehead atoms. The maximum absolute atomic E-state index is 14.5. The Morgan fingerprint density at radius 3 is 1.52 bits per heavy atom. The Balaban J connectivity index is 2.20. The lowest BCUT2D eigenvalue weighted by molar-refractivity contribution is -0.149. The number of nitrogens with zero attached hydrogens (tertiary/aromatic N) is 2. The Morgan fingerprint density at radius 1 is 0.534 bits per heavy atom. The fraction of sp³-hybridized carbons (Fsp3) is 0.745. The second-order valence-electron chi connectivity index (χ2n) is 22.4. The van der Waals surface area contributed by atoms with E-state index in [2.05, 4.69) is 78.4 Å². The number of carboxylic acids is 1. The first-order valence-electron chi connectivity index (χ1n) is 29.8. The molecule has 33 heteroatoms. The molecule has 17 N–H and O–H groups in total. The van der Waals surface area contributed by atoms with Gasteiger partial charge >= 0.3 is 5.97 Å². The van der Waals surface area contributed by atoms with Crippen molar-refractivity contribution in [3.63, 3.8) is 0 Å². The molecule has 16 atom stereocenters. The third-order valence-electron chi connectivity index (χ3n) is 15.8. The molecule has 0 saturated carbocycles. The second-order valence-corrected chi connectivity index (χ2v) is 23.1. The van der Waals surface area contributed by atoms with Gasteiger partial charge in [-0.15, -0.1) is 0 Å². The maximum Gasteiger partial charge on any atom is 0.326 e. The minimum Gasteiger partial charge on any atom is -0.480 e. The minimum absolute atomic E-state index is 0.0188. The van der Waals surface area contributed by atoms with E-state index in [0.717, 1.165) is 0 Å². The first kappa shape index (κ1) is 77.3. The number of carbonyl (C=O) groups is 14. The molecule has 0 aromatic carbocycles. The number of aliphatic hydroxyl groups excluding tert-OH is 2. The molecule has 0 aliphatic carbocycles. The number of aliphatic hydroxyl groups is 2. The fourth-order valence-corrected chi connectivity index (χ4v) is 9.98. The van der Waals surface area contributed by atoms with E-state index in [1.54, 1.807) is 48.5 Å². The summed E-state index contributed by atoms with van der Waals surface area (Å²) in [5, 5.41) is 55.2. The summed E-state index contributed by atoms with van der Waals surface area (Å²) < 4.78 is 0. The molecule has 0 radical (unpaired) electrons. The van der Waals surface area contributed by atoms with Crippen molar-refractivity contribution >= 4 is 108 Å². The highest BCUT2D eigenvalue weighted by Crippen LogP contribution is 2.27.